The SMILES string of the molecule is O=S([O-])CCOCc1ccccc1.O=S([O-])CCOCc1ccccc1.[Ca+2]. The van der Waals surface area contributed by atoms with E-state index in [1.807, 2.05) is 60.7 Å². The van der Waals surface area contributed by atoms with E-state index in [0.717, 1.165) is 11.1 Å². The molecule has 0 amide bonds. The van der Waals surface area contributed by atoms with Gasteiger partial charge in [0.1, 0.15) is 0 Å². The molecule has 0 aliphatic carbocycles. The van der Waals surface area contributed by atoms with Gasteiger partial charge in [0.05, 0.1) is 26.4 Å². The molecule has 9 heteroatoms. The van der Waals surface area contributed by atoms with Gasteiger partial charge in [-0.2, -0.15) is 0 Å². The van der Waals surface area contributed by atoms with Crippen LogP contribution in [0.3, 0.4) is 0 Å². The second kappa shape index (κ2) is 17.9. The van der Waals surface area contributed by atoms with Gasteiger partial charge in [-0.1, -0.05) is 82.8 Å². The molecule has 144 valence electrons. The summed E-state index contributed by atoms with van der Waals surface area (Å²) in [5, 5.41) is 0. The minimum absolute atomic E-state index is 0. The Morgan fingerprint density at radius 1 is 0.667 bits per heavy atom. The maximum absolute atomic E-state index is 10.1. The fourth-order valence-electron chi connectivity index (χ4n) is 1.78. The summed E-state index contributed by atoms with van der Waals surface area (Å²) in [7, 11) is 0. The minimum atomic E-state index is -2.00. The molecule has 2 aromatic carbocycles. The van der Waals surface area contributed by atoms with Crippen LogP contribution >= 0.6 is 0 Å². The molecule has 0 bridgehead atoms. The van der Waals surface area contributed by atoms with E-state index in [9.17, 15) is 17.5 Å². The maximum atomic E-state index is 10.1. The van der Waals surface area contributed by atoms with Gasteiger partial charge in [0.2, 0.25) is 0 Å². The zero-order valence-electron chi connectivity index (χ0n) is 15.0. The summed E-state index contributed by atoms with van der Waals surface area (Å²) in [5.74, 6) is 0.125. The zero-order valence-corrected chi connectivity index (χ0v) is 18.8. The van der Waals surface area contributed by atoms with Crippen LogP contribution in [0.2, 0.25) is 0 Å². The summed E-state index contributed by atoms with van der Waals surface area (Å²) >= 11 is -4.00. The van der Waals surface area contributed by atoms with Crippen LogP contribution < -0.4 is 0 Å². The predicted octanol–water partition coefficient (Wildman–Crippen LogP) is 1.78. The number of ether oxygens (including phenoxy) is 2. The van der Waals surface area contributed by atoms with Gasteiger partial charge < -0.3 is 18.6 Å². The molecule has 0 aliphatic rings. The van der Waals surface area contributed by atoms with E-state index in [-0.39, 0.29) is 62.5 Å². The molecule has 0 fully saturated rings. The predicted molar refractivity (Wildman–Crippen MR) is 106 cm³/mol. The third-order valence-electron chi connectivity index (χ3n) is 3.01. The quantitative estimate of drug-likeness (QED) is 0.319. The molecule has 0 saturated carbocycles. The van der Waals surface area contributed by atoms with Gasteiger partial charge in [0.25, 0.3) is 0 Å². The Kier molecular flexibility index (Phi) is 17.8. The Balaban J connectivity index is 0.000000483. The fraction of sp³-hybridized carbons (Fsp3) is 0.333. The minimum Gasteiger partial charge on any atom is -0.772 e. The molecule has 2 aromatic rings. The standard InChI is InChI=1S/2C9H12O3S.Ca/c2*10-13(11)7-6-12-8-9-4-2-1-3-5-9;/h2*1-5H,6-8H2,(H,10,11);/q;;+2/p-2. The van der Waals surface area contributed by atoms with E-state index in [1.54, 1.807) is 0 Å². The van der Waals surface area contributed by atoms with Crippen molar-refractivity contribution in [3.8, 4) is 0 Å². The van der Waals surface area contributed by atoms with E-state index in [1.165, 1.54) is 0 Å². The molecule has 0 saturated heterocycles. The summed E-state index contributed by atoms with van der Waals surface area (Å²) in [6.07, 6.45) is 0. The molecule has 0 aliphatic heterocycles. The van der Waals surface area contributed by atoms with Gasteiger partial charge in [-0.15, -0.1) is 0 Å². The van der Waals surface area contributed by atoms with Gasteiger partial charge in [-0.25, -0.2) is 0 Å². The van der Waals surface area contributed by atoms with Crippen molar-refractivity contribution < 1.29 is 27.0 Å². The summed E-state index contributed by atoms with van der Waals surface area (Å²) in [5.41, 5.74) is 2.11. The average Bonchev–Trinajstić information content (AvgIpc) is 2.64. The summed E-state index contributed by atoms with van der Waals surface area (Å²) in [6, 6.07) is 19.3. The third-order valence-corrected chi connectivity index (χ3v) is 4.01. The van der Waals surface area contributed by atoms with Crippen molar-refractivity contribution in [2.75, 3.05) is 24.7 Å². The molecule has 0 aromatic heterocycles. The Morgan fingerprint density at radius 3 is 1.30 bits per heavy atom. The van der Waals surface area contributed by atoms with Gasteiger partial charge >= 0.3 is 37.7 Å². The molecule has 0 spiro atoms. The molecule has 2 unspecified atom stereocenters. The topological polar surface area (TPSA) is 98.7 Å². The van der Waals surface area contributed by atoms with Crippen molar-refractivity contribution in [1.29, 1.82) is 0 Å². The van der Waals surface area contributed by atoms with Gasteiger partial charge in [-0.3, -0.25) is 8.42 Å². The second-order valence-electron chi connectivity index (χ2n) is 5.09. The van der Waals surface area contributed by atoms with Crippen LogP contribution in [0.5, 0.6) is 0 Å². The van der Waals surface area contributed by atoms with Crippen molar-refractivity contribution in [1.82, 2.24) is 0 Å². The zero-order chi connectivity index (χ0) is 19.0. The first-order valence-corrected chi connectivity index (χ1v) is 10.4. The maximum Gasteiger partial charge on any atom is 2.00 e. The summed E-state index contributed by atoms with van der Waals surface area (Å²) < 4.78 is 50.8. The summed E-state index contributed by atoms with van der Waals surface area (Å²) in [6.45, 7) is 1.45. The molecule has 0 radical (unpaired) electrons. The molecular formula is C18H22CaO6S2. The van der Waals surface area contributed by atoms with E-state index in [2.05, 4.69) is 0 Å². The first-order valence-electron chi connectivity index (χ1n) is 7.93. The second-order valence-corrected chi connectivity index (χ2v) is 7.12. The van der Waals surface area contributed by atoms with E-state index in [0.29, 0.717) is 13.2 Å². The summed E-state index contributed by atoms with van der Waals surface area (Å²) in [4.78, 5) is 0. The van der Waals surface area contributed by atoms with Crippen molar-refractivity contribution in [2.24, 2.45) is 0 Å². The first kappa shape index (κ1) is 26.8. The fourth-order valence-corrected chi connectivity index (χ4v) is 2.29. The Labute approximate surface area is 195 Å². The van der Waals surface area contributed by atoms with Crippen LogP contribution in [-0.2, 0) is 44.8 Å². The van der Waals surface area contributed by atoms with Crippen LogP contribution in [0.15, 0.2) is 60.7 Å². The van der Waals surface area contributed by atoms with Crippen molar-refractivity contribution in [3.05, 3.63) is 71.8 Å². The monoisotopic (exact) mass is 438 g/mol. The molecule has 2 atom stereocenters. The third kappa shape index (κ3) is 16.5. The number of benzene rings is 2. The Hall–Kier alpha value is -0.160. The van der Waals surface area contributed by atoms with Crippen molar-refractivity contribution in [3.63, 3.8) is 0 Å². The van der Waals surface area contributed by atoms with Crippen molar-refractivity contribution >= 4 is 59.9 Å². The van der Waals surface area contributed by atoms with Gasteiger partial charge in [-0.05, 0) is 11.1 Å². The van der Waals surface area contributed by atoms with Crippen LogP contribution in [0.25, 0.3) is 0 Å². The van der Waals surface area contributed by atoms with Crippen molar-refractivity contribution in [2.45, 2.75) is 13.2 Å². The largest absolute Gasteiger partial charge is 2.00 e. The van der Waals surface area contributed by atoms with E-state index in [4.69, 9.17) is 9.47 Å². The van der Waals surface area contributed by atoms with Gasteiger partial charge in [0.15, 0.2) is 0 Å². The normalized spacial score (nSPS) is 12.2. The number of hydrogen-bond acceptors (Lipinski definition) is 6. The van der Waals surface area contributed by atoms with Crippen LogP contribution in [0.4, 0.5) is 0 Å². The molecule has 27 heavy (non-hydrogen) atoms. The van der Waals surface area contributed by atoms with E-state index < -0.39 is 22.2 Å². The molecule has 6 nitrogen and oxygen atoms in total. The smallest absolute Gasteiger partial charge is 0.772 e. The molecule has 2 rings (SSSR count). The average molecular weight is 439 g/mol. The van der Waals surface area contributed by atoms with Crippen LogP contribution in [0.1, 0.15) is 11.1 Å². The Morgan fingerprint density at radius 2 is 1.00 bits per heavy atom. The molecule has 0 heterocycles. The van der Waals surface area contributed by atoms with Crippen LogP contribution in [-0.4, -0.2) is 80.0 Å². The Bertz CT molecular complexity index is 585. The first-order chi connectivity index (χ1) is 12.6. The number of rotatable bonds is 10. The van der Waals surface area contributed by atoms with Gasteiger partial charge in [0, 0.05) is 11.5 Å². The molecule has 0 N–H and O–H groups in total. The van der Waals surface area contributed by atoms with Crippen LogP contribution in [0, 0.1) is 0 Å². The van der Waals surface area contributed by atoms with E-state index >= 15 is 0 Å². The molecular weight excluding hydrogens is 416 g/mol. The number of hydrogen-bond donors (Lipinski definition) is 0.